The molecule has 122 valence electrons. The van der Waals surface area contributed by atoms with Crippen molar-refractivity contribution >= 4 is 5.91 Å². The molecule has 0 spiro atoms. The number of carbonyl (C=O) groups excluding carboxylic acids is 1. The third kappa shape index (κ3) is 3.38. The first-order valence-electron chi connectivity index (χ1n) is 8.16. The Morgan fingerprint density at radius 2 is 2.17 bits per heavy atom. The van der Waals surface area contributed by atoms with Gasteiger partial charge in [0.2, 0.25) is 5.91 Å². The van der Waals surface area contributed by atoms with Gasteiger partial charge in [0.1, 0.15) is 11.8 Å². The Kier molecular flexibility index (Phi) is 4.65. The van der Waals surface area contributed by atoms with Gasteiger partial charge in [-0.05, 0) is 31.4 Å². The van der Waals surface area contributed by atoms with Crippen LogP contribution in [-0.2, 0) is 11.3 Å². The van der Waals surface area contributed by atoms with E-state index >= 15 is 0 Å². The van der Waals surface area contributed by atoms with Crippen LogP contribution < -0.4 is 4.74 Å². The molecular formula is C18H23N3O2. The Hall–Kier alpha value is -2.30. The summed E-state index contributed by atoms with van der Waals surface area (Å²) in [5.74, 6) is 0.975. The molecule has 1 amide bonds. The fourth-order valence-electron chi connectivity index (χ4n) is 2.92. The summed E-state index contributed by atoms with van der Waals surface area (Å²) >= 11 is 0. The Morgan fingerprint density at radius 3 is 2.78 bits per heavy atom. The molecule has 1 heterocycles. The highest BCUT2D eigenvalue weighted by Crippen LogP contribution is 2.32. The van der Waals surface area contributed by atoms with Crippen molar-refractivity contribution in [3.05, 3.63) is 48.3 Å². The Balaban J connectivity index is 1.82. The molecule has 1 aliphatic rings. The van der Waals surface area contributed by atoms with Crippen molar-refractivity contribution in [3.8, 4) is 5.75 Å². The molecular weight excluding hydrogens is 290 g/mol. The number of para-hydroxylation sites is 1. The van der Waals surface area contributed by atoms with Crippen molar-refractivity contribution in [2.24, 2.45) is 0 Å². The van der Waals surface area contributed by atoms with Crippen molar-refractivity contribution < 1.29 is 9.53 Å². The molecule has 3 rings (SSSR count). The van der Waals surface area contributed by atoms with E-state index < -0.39 is 0 Å². The van der Waals surface area contributed by atoms with Crippen LogP contribution in [0.5, 0.6) is 5.75 Å². The van der Waals surface area contributed by atoms with Gasteiger partial charge >= 0.3 is 0 Å². The molecule has 0 radical (unpaired) electrons. The summed E-state index contributed by atoms with van der Waals surface area (Å²) in [6.07, 6.45) is 6.47. The minimum absolute atomic E-state index is 0.143. The molecule has 1 aromatic carbocycles. The average Bonchev–Trinajstić information content (AvgIpc) is 3.28. The number of rotatable bonds is 7. The maximum Gasteiger partial charge on any atom is 0.247 e. The molecule has 0 N–H and O–H groups in total. The Bertz CT molecular complexity index is 650. The van der Waals surface area contributed by atoms with E-state index in [0.29, 0.717) is 12.6 Å². The number of hydrogen-bond donors (Lipinski definition) is 0. The lowest BCUT2D eigenvalue weighted by molar-refractivity contribution is -0.136. The summed E-state index contributed by atoms with van der Waals surface area (Å²) < 4.78 is 7.19. The highest BCUT2D eigenvalue weighted by Gasteiger charge is 2.36. The predicted octanol–water partition coefficient (Wildman–Crippen LogP) is 3.03. The third-order valence-electron chi connectivity index (χ3n) is 4.32. The quantitative estimate of drug-likeness (QED) is 0.789. The molecule has 1 fully saturated rings. The van der Waals surface area contributed by atoms with Gasteiger partial charge in [0.15, 0.2) is 0 Å². The second-order valence-corrected chi connectivity index (χ2v) is 5.92. The SMILES string of the molecule is CCC(C(=O)N(Cc1ccccc1OC)C1CC1)n1cccn1. The van der Waals surface area contributed by atoms with E-state index in [2.05, 4.69) is 5.10 Å². The first-order valence-corrected chi connectivity index (χ1v) is 8.16. The first kappa shape index (κ1) is 15.6. The van der Waals surface area contributed by atoms with E-state index in [4.69, 9.17) is 4.74 Å². The second-order valence-electron chi connectivity index (χ2n) is 5.92. The minimum atomic E-state index is -0.236. The zero-order valence-corrected chi connectivity index (χ0v) is 13.7. The van der Waals surface area contributed by atoms with Crippen LogP contribution in [-0.4, -0.2) is 33.7 Å². The molecule has 1 saturated carbocycles. The molecule has 0 aliphatic heterocycles. The highest BCUT2D eigenvalue weighted by atomic mass is 16.5. The maximum absolute atomic E-state index is 13.1. The molecule has 0 bridgehead atoms. The van der Waals surface area contributed by atoms with Crippen LogP contribution >= 0.6 is 0 Å². The van der Waals surface area contributed by atoms with Crippen LogP contribution in [0.25, 0.3) is 0 Å². The summed E-state index contributed by atoms with van der Waals surface area (Å²) in [4.78, 5) is 15.1. The first-order chi connectivity index (χ1) is 11.2. The van der Waals surface area contributed by atoms with Crippen LogP contribution in [0, 0.1) is 0 Å². The summed E-state index contributed by atoms with van der Waals surface area (Å²) in [6.45, 7) is 2.61. The van der Waals surface area contributed by atoms with Gasteiger partial charge in [0.05, 0.1) is 7.11 Å². The Morgan fingerprint density at radius 1 is 1.39 bits per heavy atom. The lowest BCUT2D eigenvalue weighted by atomic mass is 10.1. The van der Waals surface area contributed by atoms with Crippen molar-refractivity contribution in [2.45, 2.75) is 44.8 Å². The van der Waals surface area contributed by atoms with Gasteiger partial charge in [-0.15, -0.1) is 0 Å². The van der Waals surface area contributed by atoms with Crippen molar-refractivity contribution in [3.63, 3.8) is 0 Å². The number of ether oxygens (including phenoxy) is 1. The Labute approximate surface area is 136 Å². The third-order valence-corrected chi connectivity index (χ3v) is 4.32. The molecule has 1 aromatic heterocycles. The second kappa shape index (κ2) is 6.86. The van der Waals surface area contributed by atoms with Gasteiger partial charge in [-0.2, -0.15) is 5.10 Å². The standard InChI is InChI=1S/C18H23N3O2/c1-3-16(21-12-6-11-19-21)18(22)20(15-9-10-15)13-14-7-4-5-8-17(14)23-2/h4-8,11-12,15-16H,3,9-10,13H2,1-2H3. The summed E-state index contributed by atoms with van der Waals surface area (Å²) in [5.41, 5.74) is 1.05. The van der Waals surface area contributed by atoms with E-state index in [1.807, 2.05) is 48.4 Å². The molecule has 0 saturated heterocycles. The number of methoxy groups -OCH3 is 1. The summed E-state index contributed by atoms with van der Waals surface area (Å²) in [5, 5.41) is 4.26. The van der Waals surface area contributed by atoms with Crippen LogP contribution in [0.3, 0.4) is 0 Å². The van der Waals surface area contributed by atoms with Crippen molar-refractivity contribution in [1.82, 2.24) is 14.7 Å². The number of benzene rings is 1. The lowest BCUT2D eigenvalue weighted by Crippen LogP contribution is -2.38. The number of aromatic nitrogens is 2. The highest BCUT2D eigenvalue weighted by molar-refractivity contribution is 5.81. The van der Waals surface area contributed by atoms with Gasteiger partial charge < -0.3 is 9.64 Å². The van der Waals surface area contributed by atoms with E-state index in [1.165, 1.54) is 0 Å². The molecule has 23 heavy (non-hydrogen) atoms. The monoisotopic (exact) mass is 313 g/mol. The van der Waals surface area contributed by atoms with Gasteiger partial charge in [0.25, 0.3) is 0 Å². The zero-order valence-electron chi connectivity index (χ0n) is 13.7. The fraction of sp³-hybridized carbons (Fsp3) is 0.444. The van der Waals surface area contributed by atoms with Crippen LogP contribution in [0.2, 0.25) is 0 Å². The zero-order chi connectivity index (χ0) is 16.2. The van der Waals surface area contributed by atoms with Crippen LogP contribution in [0.4, 0.5) is 0 Å². The topological polar surface area (TPSA) is 47.4 Å². The van der Waals surface area contributed by atoms with Crippen LogP contribution in [0.1, 0.15) is 37.8 Å². The van der Waals surface area contributed by atoms with E-state index in [-0.39, 0.29) is 11.9 Å². The molecule has 2 aromatic rings. The normalized spacial score (nSPS) is 15.2. The van der Waals surface area contributed by atoms with Gasteiger partial charge in [-0.25, -0.2) is 0 Å². The minimum Gasteiger partial charge on any atom is -0.496 e. The van der Waals surface area contributed by atoms with E-state index in [9.17, 15) is 4.79 Å². The summed E-state index contributed by atoms with van der Waals surface area (Å²) in [6, 6.07) is 9.86. The smallest absolute Gasteiger partial charge is 0.247 e. The average molecular weight is 313 g/mol. The van der Waals surface area contributed by atoms with Crippen LogP contribution in [0.15, 0.2) is 42.7 Å². The van der Waals surface area contributed by atoms with Crippen molar-refractivity contribution in [2.75, 3.05) is 7.11 Å². The number of carbonyl (C=O) groups is 1. The summed E-state index contributed by atoms with van der Waals surface area (Å²) in [7, 11) is 1.67. The number of amides is 1. The molecule has 5 nitrogen and oxygen atoms in total. The maximum atomic E-state index is 13.1. The molecule has 1 aliphatic carbocycles. The van der Waals surface area contributed by atoms with Crippen molar-refractivity contribution in [1.29, 1.82) is 0 Å². The van der Waals surface area contributed by atoms with E-state index in [0.717, 1.165) is 30.6 Å². The number of nitrogens with zero attached hydrogens (tertiary/aromatic N) is 3. The number of hydrogen-bond acceptors (Lipinski definition) is 3. The predicted molar refractivity (Wildman–Crippen MR) is 88.1 cm³/mol. The largest absolute Gasteiger partial charge is 0.496 e. The van der Waals surface area contributed by atoms with E-state index in [1.54, 1.807) is 18.0 Å². The van der Waals surface area contributed by atoms with Gasteiger partial charge in [-0.1, -0.05) is 25.1 Å². The molecule has 5 heteroatoms. The molecule has 1 unspecified atom stereocenters. The lowest BCUT2D eigenvalue weighted by Gasteiger charge is -2.27. The van der Waals surface area contributed by atoms with Gasteiger partial charge in [0, 0.05) is 30.5 Å². The molecule has 1 atom stereocenters. The fourth-order valence-corrected chi connectivity index (χ4v) is 2.92. The van der Waals surface area contributed by atoms with Gasteiger partial charge in [-0.3, -0.25) is 9.48 Å².